The molecule has 6 heteroatoms. The van der Waals surface area contributed by atoms with Crippen molar-refractivity contribution in [3.8, 4) is 16.9 Å². The van der Waals surface area contributed by atoms with Crippen LogP contribution in [0.4, 0.5) is 0 Å². The maximum Gasteiger partial charge on any atom is 0.266 e. The van der Waals surface area contributed by atoms with Gasteiger partial charge in [0.1, 0.15) is 10.4 Å². The first-order valence-corrected chi connectivity index (χ1v) is 9.96. The summed E-state index contributed by atoms with van der Waals surface area (Å²) >= 11 is 7.88. The van der Waals surface area contributed by atoms with Crippen LogP contribution in [0.5, 0.6) is 5.75 Å². The SMILES string of the molecule is CCC(N)c1ccc(-c2c(OC)cc(Cl)c3[nH]c(=O)c4sccc4c23)cc1. The molecular formula is C21H19ClN2O2S. The summed E-state index contributed by atoms with van der Waals surface area (Å²) in [4.78, 5) is 15.3. The number of halogens is 1. The Balaban J connectivity index is 2.08. The number of H-pyrrole nitrogens is 1. The Bertz CT molecular complexity index is 1190. The fourth-order valence-electron chi connectivity index (χ4n) is 3.45. The number of benzene rings is 2. The van der Waals surface area contributed by atoms with Crippen LogP contribution in [0.2, 0.25) is 5.02 Å². The zero-order valence-corrected chi connectivity index (χ0v) is 16.6. The van der Waals surface area contributed by atoms with Crippen LogP contribution in [0, 0.1) is 0 Å². The number of pyridine rings is 1. The molecule has 1 unspecified atom stereocenters. The zero-order valence-electron chi connectivity index (χ0n) is 15.0. The third-order valence-corrected chi connectivity index (χ3v) is 6.12. The van der Waals surface area contributed by atoms with Gasteiger partial charge in [-0.15, -0.1) is 11.3 Å². The smallest absolute Gasteiger partial charge is 0.266 e. The molecule has 0 aliphatic carbocycles. The number of thiophene rings is 1. The Morgan fingerprint density at radius 1 is 1.26 bits per heavy atom. The molecule has 3 N–H and O–H groups in total. The summed E-state index contributed by atoms with van der Waals surface area (Å²) < 4.78 is 6.32. The van der Waals surface area contributed by atoms with Crippen LogP contribution in [0.3, 0.4) is 0 Å². The second-order valence-corrected chi connectivity index (χ2v) is 7.76. The number of aromatic nitrogens is 1. The van der Waals surface area contributed by atoms with Gasteiger partial charge in [-0.05, 0) is 29.0 Å². The third-order valence-electron chi connectivity index (χ3n) is 4.91. The second-order valence-electron chi connectivity index (χ2n) is 6.44. The van der Waals surface area contributed by atoms with Gasteiger partial charge in [0.05, 0.1) is 17.6 Å². The van der Waals surface area contributed by atoms with Crippen molar-refractivity contribution in [3.63, 3.8) is 0 Å². The number of aromatic amines is 1. The Kier molecular flexibility index (Phi) is 4.68. The lowest BCUT2D eigenvalue weighted by atomic mass is 9.95. The molecule has 0 saturated heterocycles. The number of hydrogen-bond acceptors (Lipinski definition) is 4. The van der Waals surface area contributed by atoms with E-state index in [4.69, 9.17) is 22.1 Å². The molecule has 0 radical (unpaired) electrons. The fourth-order valence-corrected chi connectivity index (χ4v) is 4.49. The van der Waals surface area contributed by atoms with Gasteiger partial charge in [0, 0.05) is 28.4 Å². The van der Waals surface area contributed by atoms with Gasteiger partial charge in [-0.2, -0.15) is 0 Å². The largest absolute Gasteiger partial charge is 0.496 e. The number of methoxy groups -OCH3 is 1. The molecule has 0 fully saturated rings. The highest BCUT2D eigenvalue weighted by Crippen LogP contribution is 2.43. The lowest BCUT2D eigenvalue weighted by Gasteiger charge is -2.16. The van der Waals surface area contributed by atoms with Crippen molar-refractivity contribution >= 4 is 43.9 Å². The van der Waals surface area contributed by atoms with Crippen LogP contribution in [-0.4, -0.2) is 12.1 Å². The molecule has 0 saturated carbocycles. The maximum absolute atomic E-state index is 12.4. The molecule has 0 aliphatic heterocycles. The van der Waals surface area contributed by atoms with E-state index in [9.17, 15) is 4.79 Å². The Hall–Kier alpha value is -2.34. The minimum atomic E-state index is -0.130. The topological polar surface area (TPSA) is 68.1 Å². The van der Waals surface area contributed by atoms with E-state index in [1.165, 1.54) is 11.3 Å². The molecule has 4 aromatic rings. The number of nitrogens with two attached hydrogens (primary N) is 1. The van der Waals surface area contributed by atoms with Crippen molar-refractivity contribution in [2.24, 2.45) is 5.73 Å². The Morgan fingerprint density at radius 2 is 2.00 bits per heavy atom. The number of fused-ring (bicyclic) bond motifs is 3. The van der Waals surface area contributed by atoms with E-state index in [1.54, 1.807) is 13.2 Å². The highest BCUT2D eigenvalue weighted by molar-refractivity contribution is 7.17. The Morgan fingerprint density at radius 3 is 2.67 bits per heavy atom. The van der Waals surface area contributed by atoms with E-state index in [1.807, 2.05) is 35.7 Å². The number of ether oxygens (including phenoxy) is 1. The van der Waals surface area contributed by atoms with E-state index in [2.05, 4.69) is 11.9 Å². The molecule has 4 rings (SSSR count). The van der Waals surface area contributed by atoms with E-state index < -0.39 is 0 Å². The number of hydrogen-bond donors (Lipinski definition) is 2. The Labute approximate surface area is 165 Å². The monoisotopic (exact) mass is 398 g/mol. The lowest BCUT2D eigenvalue weighted by Crippen LogP contribution is -2.08. The third kappa shape index (κ3) is 2.92. The molecule has 138 valence electrons. The minimum absolute atomic E-state index is 0.0165. The van der Waals surface area contributed by atoms with E-state index >= 15 is 0 Å². The van der Waals surface area contributed by atoms with Gasteiger partial charge in [-0.3, -0.25) is 4.79 Å². The second kappa shape index (κ2) is 7.00. The predicted octanol–water partition coefficient (Wildman–Crippen LogP) is 5.48. The highest BCUT2D eigenvalue weighted by Gasteiger charge is 2.19. The lowest BCUT2D eigenvalue weighted by molar-refractivity contribution is 0.417. The van der Waals surface area contributed by atoms with Crippen molar-refractivity contribution in [2.75, 3.05) is 7.11 Å². The molecule has 4 nitrogen and oxygen atoms in total. The van der Waals surface area contributed by atoms with E-state index in [0.29, 0.717) is 21.0 Å². The van der Waals surface area contributed by atoms with Crippen molar-refractivity contribution in [1.82, 2.24) is 4.98 Å². The fraction of sp³-hybridized carbons (Fsp3) is 0.190. The van der Waals surface area contributed by atoms with E-state index in [0.717, 1.165) is 33.9 Å². The van der Waals surface area contributed by atoms with Crippen LogP contribution in [0.25, 0.3) is 32.1 Å². The standard InChI is InChI=1S/C21H19ClN2O2S/c1-3-15(23)11-4-6-12(7-5-11)17-16(26-2)10-14(22)19-18(17)13-8-9-27-20(13)21(25)24-19/h4-10,15H,3,23H2,1-2H3,(H,24,25). The van der Waals surface area contributed by atoms with E-state index in [-0.39, 0.29) is 11.6 Å². The van der Waals surface area contributed by atoms with Gasteiger partial charge in [0.15, 0.2) is 0 Å². The van der Waals surface area contributed by atoms with Crippen molar-refractivity contribution in [2.45, 2.75) is 19.4 Å². The van der Waals surface area contributed by atoms with Crippen LogP contribution in [-0.2, 0) is 0 Å². The summed E-state index contributed by atoms with van der Waals surface area (Å²) in [6, 6.07) is 11.9. The predicted molar refractivity (Wildman–Crippen MR) is 114 cm³/mol. The van der Waals surface area contributed by atoms with Crippen LogP contribution < -0.4 is 16.0 Å². The molecule has 2 heterocycles. The highest BCUT2D eigenvalue weighted by atomic mass is 35.5. The number of nitrogens with one attached hydrogen (secondary N) is 1. The summed E-state index contributed by atoms with van der Waals surface area (Å²) in [6.07, 6.45) is 0.878. The molecule has 0 aliphatic rings. The molecule has 1 atom stereocenters. The van der Waals surface area contributed by atoms with Gasteiger partial charge in [-0.1, -0.05) is 42.8 Å². The zero-order chi connectivity index (χ0) is 19.1. The molecular weight excluding hydrogens is 380 g/mol. The molecule has 2 aromatic heterocycles. The normalized spacial score (nSPS) is 12.6. The molecule has 2 aromatic carbocycles. The first kappa shape index (κ1) is 18.0. The summed E-state index contributed by atoms with van der Waals surface area (Å²) in [7, 11) is 1.62. The van der Waals surface area contributed by atoms with Gasteiger partial charge in [0.25, 0.3) is 5.56 Å². The first-order chi connectivity index (χ1) is 13.0. The first-order valence-electron chi connectivity index (χ1n) is 8.70. The molecule has 0 amide bonds. The summed E-state index contributed by atoms with van der Waals surface area (Å²) in [5.41, 5.74) is 9.63. The van der Waals surface area contributed by atoms with Crippen LogP contribution >= 0.6 is 22.9 Å². The van der Waals surface area contributed by atoms with Crippen molar-refractivity contribution in [1.29, 1.82) is 0 Å². The number of rotatable bonds is 4. The minimum Gasteiger partial charge on any atom is -0.496 e. The van der Waals surface area contributed by atoms with Crippen molar-refractivity contribution < 1.29 is 4.74 Å². The average Bonchev–Trinajstić information content (AvgIpc) is 3.18. The maximum atomic E-state index is 12.4. The quantitative estimate of drug-likeness (QED) is 0.478. The summed E-state index contributed by atoms with van der Waals surface area (Å²) in [5, 5.41) is 4.15. The summed E-state index contributed by atoms with van der Waals surface area (Å²) in [5.74, 6) is 0.666. The van der Waals surface area contributed by atoms with Gasteiger partial charge in [-0.25, -0.2) is 0 Å². The molecule has 0 spiro atoms. The van der Waals surface area contributed by atoms with Gasteiger partial charge >= 0.3 is 0 Å². The molecule has 27 heavy (non-hydrogen) atoms. The summed E-state index contributed by atoms with van der Waals surface area (Å²) in [6.45, 7) is 2.07. The molecule has 0 bridgehead atoms. The van der Waals surface area contributed by atoms with Gasteiger partial charge in [0.2, 0.25) is 0 Å². The van der Waals surface area contributed by atoms with Gasteiger partial charge < -0.3 is 15.5 Å². The average molecular weight is 399 g/mol. The van der Waals surface area contributed by atoms with Crippen LogP contribution in [0.15, 0.2) is 46.6 Å². The van der Waals surface area contributed by atoms with Crippen LogP contribution in [0.1, 0.15) is 24.9 Å². The van der Waals surface area contributed by atoms with Crippen molar-refractivity contribution in [3.05, 3.63) is 62.7 Å².